The van der Waals surface area contributed by atoms with Gasteiger partial charge in [0.25, 0.3) is 5.92 Å². The predicted octanol–water partition coefficient (Wildman–Crippen LogP) is 3.16. The van der Waals surface area contributed by atoms with Crippen LogP contribution in [0.2, 0.25) is 0 Å². The monoisotopic (exact) mass is 267 g/mol. The van der Waals surface area contributed by atoms with Crippen molar-refractivity contribution in [1.29, 1.82) is 0 Å². The van der Waals surface area contributed by atoms with Gasteiger partial charge in [-0.1, -0.05) is 24.6 Å². The van der Waals surface area contributed by atoms with Crippen molar-refractivity contribution in [2.75, 3.05) is 18.1 Å². The van der Waals surface area contributed by atoms with Gasteiger partial charge < -0.3 is 10.0 Å². The van der Waals surface area contributed by atoms with E-state index in [-0.39, 0.29) is 19.6 Å². The van der Waals surface area contributed by atoms with Gasteiger partial charge in [-0.25, -0.2) is 8.78 Å². The van der Waals surface area contributed by atoms with E-state index in [0.29, 0.717) is 5.92 Å². The zero-order valence-electron chi connectivity index (χ0n) is 10.9. The van der Waals surface area contributed by atoms with Crippen LogP contribution in [-0.2, 0) is 0 Å². The third kappa shape index (κ3) is 2.34. The van der Waals surface area contributed by atoms with Crippen molar-refractivity contribution in [3.8, 4) is 0 Å². The quantitative estimate of drug-likeness (QED) is 0.909. The van der Waals surface area contributed by atoms with Gasteiger partial charge in [-0.2, -0.15) is 0 Å². The summed E-state index contributed by atoms with van der Waals surface area (Å²) in [5.41, 5.74) is 2.06. The zero-order chi connectivity index (χ0) is 13.5. The van der Waals surface area contributed by atoms with Crippen molar-refractivity contribution in [1.82, 2.24) is 0 Å². The van der Waals surface area contributed by atoms with Crippen LogP contribution in [0.1, 0.15) is 37.2 Å². The van der Waals surface area contributed by atoms with E-state index in [1.165, 1.54) is 12.0 Å². The summed E-state index contributed by atoms with van der Waals surface area (Å²) < 4.78 is 27.2. The van der Waals surface area contributed by atoms with E-state index in [1.807, 2.05) is 24.3 Å². The molecule has 3 rings (SSSR count). The molecule has 2 aliphatic rings. The first-order valence-electron chi connectivity index (χ1n) is 6.95. The Hall–Kier alpha value is -1.16. The first-order valence-corrected chi connectivity index (χ1v) is 6.95. The minimum absolute atomic E-state index is 0.214. The highest BCUT2D eigenvalue weighted by molar-refractivity contribution is 5.57. The highest BCUT2D eigenvalue weighted by Crippen LogP contribution is 2.44. The number of aliphatic hydroxyl groups excluding tert-OH is 1. The predicted molar refractivity (Wildman–Crippen MR) is 70.8 cm³/mol. The summed E-state index contributed by atoms with van der Waals surface area (Å²) in [5.74, 6) is -2.19. The molecule has 0 bridgehead atoms. The third-order valence-corrected chi connectivity index (χ3v) is 4.38. The average molecular weight is 267 g/mol. The SMILES string of the molecule is OC[C@@H]1CC(F)(F)CN1c1ccccc1C1CCC1. The Morgan fingerprint density at radius 1 is 1.26 bits per heavy atom. The summed E-state index contributed by atoms with van der Waals surface area (Å²) in [6, 6.07) is 7.36. The standard InChI is InChI=1S/C15H19F2NO/c16-15(17)8-12(9-19)18(10-15)14-7-2-1-6-13(14)11-4-3-5-11/h1-2,6-7,11-12,19H,3-5,8-10H2/t12-/m0/s1. The van der Waals surface area contributed by atoms with Gasteiger partial charge in [-0.3, -0.25) is 0 Å². The molecule has 0 spiro atoms. The number of nitrogens with zero attached hydrogens (tertiary/aromatic N) is 1. The van der Waals surface area contributed by atoms with Crippen LogP contribution in [0.15, 0.2) is 24.3 Å². The van der Waals surface area contributed by atoms with Crippen LogP contribution in [0.3, 0.4) is 0 Å². The number of halogens is 2. The van der Waals surface area contributed by atoms with Crippen molar-refractivity contribution >= 4 is 5.69 Å². The average Bonchev–Trinajstić information content (AvgIpc) is 2.63. The Bertz CT molecular complexity index is 459. The van der Waals surface area contributed by atoms with E-state index in [1.54, 1.807) is 4.90 Å². The van der Waals surface area contributed by atoms with Crippen LogP contribution in [-0.4, -0.2) is 30.2 Å². The van der Waals surface area contributed by atoms with Crippen LogP contribution in [0.5, 0.6) is 0 Å². The lowest BCUT2D eigenvalue weighted by Crippen LogP contribution is -2.34. The number of alkyl halides is 2. The summed E-state index contributed by atoms with van der Waals surface area (Å²) in [6.45, 7) is -0.490. The van der Waals surface area contributed by atoms with Crippen LogP contribution in [0.25, 0.3) is 0 Å². The summed E-state index contributed by atoms with van der Waals surface area (Å²) in [4.78, 5) is 1.70. The number of hydrogen-bond acceptors (Lipinski definition) is 2. The van der Waals surface area contributed by atoms with Gasteiger partial charge in [0.2, 0.25) is 0 Å². The van der Waals surface area contributed by atoms with Crippen molar-refractivity contribution in [2.24, 2.45) is 0 Å². The van der Waals surface area contributed by atoms with Crippen molar-refractivity contribution in [3.63, 3.8) is 0 Å². The number of hydrogen-bond donors (Lipinski definition) is 1. The Labute approximate surface area is 112 Å². The van der Waals surface area contributed by atoms with Crippen LogP contribution in [0.4, 0.5) is 14.5 Å². The maximum atomic E-state index is 13.6. The Morgan fingerprint density at radius 3 is 2.63 bits per heavy atom. The van der Waals surface area contributed by atoms with Gasteiger partial charge in [0, 0.05) is 12.1 Å². The first kappa shape index (κ1) is 12.9. The molecule has 19 heavy (non-hydrogen) atoms. The van der Waals surface area contributed by atoms with E-state index in [9.17, 15) is 13.9 Å². The van der Waals surface area contributed by atoms with E-state index in [2.05, 4.69) is 0 Å². The molecule has 1 saturated heterocycles. The maximum Gasteiger partial charge on any atom is 0.267 e. The summed E-state index contributed by atoms with van der Waals surface area (Å²) in [5, 5.41) is 9.36. The lowest BCUT2D eigenvalue weighted by molar-refractivity contribution is 0.0201. The second-order valence-corrected chi connectivity index (χ2v) is 5.71. The Kier molecular flexibility index (Phi) is 3.21. The van der Waals surface area contributed by atoms with Crippen LogP contribution < -0.4 is 4.90 Å². The number of benzene rings is 1. The normalized spacial score (nSPS) is 26.5. The molecule has 1 aliphatic heterocycles. The number of aliphatic hydroxyl groups is 1. The number of rotatable bonds is 3. The molecule has 0 aromatic heterocycles. The third-order valence-electron chi connectivity index (χ3n) is 4.38. The summed E-state index contributed by atoms with van der Waals surface area (Å²) >= 11 is 0. The largest absolute Gasteiger partial charge is 0.394 e. The fourth-order valence-electron chi connectivity index (χ4n) is 3.16. The molecular weight excluding hydrogens is 248 g/mol. The second-order valence-electron chi connectivity index (χ2n) is 5.71. The Morgan fingerprint density at radius 2 is 2.00 bits per heavy atom. The molecule has 4 heteroatoms. The van der Waals surface area contributed by atoms with Crippen LogP contribution in [0, 0.1) is 0 Å². The molecule has 1 aromatic carbocycles. The molecule has 1 aliphatic carbocycles. The molecule has 1 saturated carbocycles. The number of anilines is 1. The fourth-order valence-corrected chi connectivity index (χ4v) is 3.16. The second kappa shape index (κ2) is 4.75. The number of para-hydroxylation sites is 1. The zero-order valence-corrected chi connectivity index (χ0v) is 10.9. The molecule has 0 amide bonds. The van der Waals surface area contributed by atoms with Gasteiger partial charge in [0.1, 0.15) is 0 Å². The van der Waals surface area contributed by atoms with E-state index < -0.39 is 12.0 Å². The molecule has 1 heterocycles. The van der Waals surface area contributed by atoms with Gasteiger partial charge in [-0.05, 0) is 30.4 Å². The summed E-state index contributed by atoms with van der Waals surface area (Å²) in [6.07, 6.45) is 3.26. The highest BCUT2D eigenvalue weighted by Gasteiger charge is 2.45. The van der Waals surface area contributed by atoms with E-state index >= 15 is 0 Å². The first-order chi connectivity index (χ1) is 9.11. The molecule has 2 fully saturated rings. The van der Waals surface area contributed by atoms with E-state index in [0.717, 1.165) is 18.5 Å². The Balaban J connectivity index is 1.92. The van der Waals surface area contributed by atoms with E-state index in [4.69, 9.17) is 0 Å². The van der Waals surface area contributed by atoms with Crippen molar-refractivity contribution < 1.29 is 13.9 Å². The lowest BCUT2D eigenvalue weighted by Gasteiger charge is -2.33. The lowest BCUT2D eigenvalue weighted by atomic mass is 9.79. The van der Waals surface area contributed by atoms with Gasteiger partial charge in [0.05, 0.1) is 19.2 Å². The van der Waals surface area contributed by atoms with Gasteiger partial charge >= 0.3 is 0 Å². The smallest absolute Gasteiger partial charge is 0.267 e. The molecule has 0 unspecified atom stereocenters. The minimum Gasteiger partial charge on any atom is -0.394 e. The van der Waals surface area contributed by atoms with Crippen molar-refractivity contribution in [2.45, 2.75) is 43.6 Å². The van der Waals surface area contributed by atoms with Crippen molar-refractivity contribution in [3.05, 3.63) is 29.8 Å². The molecular formula is C15H19F2NO. The highest BCUT2D eigenvalue weighted by atomic mass is 19.3. The molecule has 1 N–H and O–H groups in total. The van der Waals surface area contributed by atoms with Gasteiger partial charge in [-0.15, -0.1) is 0 Å². The molecule has 0 radical (unpaired) electrons. The topological polar surface area (TPSA) is 23.5 Å². The van der Waals surface area contributed by atoms with Gasteiger partial charge in [0.15, 0.2) is 0 Å². The maximum absolute atomic E-state index is 13.6. The molecule has 104 valence electrons. The molecule has 1 atom stereocenters. The molecule has 1 aromatic rings. The fraction of sp³-hybridized carbons (Fsp3) is 0.600. The molecule has 2 nitrogen and oxygen atoms in total. The minimum atomic E-state index is -2.69. The van der Waals surface area contributed by atoms with Crippen LogP contribution >= 0.6 is 0 Å². The summed E-state index contributed by atoms with van der Waals surface area (Å²) in [7, 11) is 0.